The Morgan fingerprint density at radius 1 is 0.269 bits per heavy atom. The Balaban J connectivity index is 0.864. The van der Waals surface area contributed by atoms with Crippen LogP contribution in [0.25, 0.3) is 66.4 Å². The Labute approximate surface area is 451 Å². The third kappa shape index (κ3) is 5.78. The van der Waals surface area contributed by atoms with E-state index >= 15 is 0 Å². The molecule has 2 aliphatic carbocycles. The van der Waals surface area contributed by atoms with Gasteiger partial charge in [0.2, 0.25) is 0 Å². The number of nitrogens with zero attached hydrogens (tertiary/aromatic N) is 1. The van der Waals surface area contributed by atoms with Gasteiger partial charge in [-0.05, 0) is 140 Å². The summed E-state index contributed by atoms with van der Waals surface area (Å²) in [5.41, 5.74) is 22.8. The second kappa shape index (κ2) is 16.2. The first-order chi connectivity index (χ1) is 38.7. The van der Waals surface area contributed by atoms with E-state index in [9.17, 15) is 0 Å². The lowest BCUT2D eigenvalue weighted by Crippen LogP contribution is -2.32. The van der Waals surface area contributed by atoms with Crippen LogP contribution in [0, 0.1) is 0 Å². The standard InChI is InChI=1S/C74H45NO3/c1-4-22-57-52(19-1)55-44-49(37-41-59(55)73(57)60-24-6-11-31-68(60)77-69-32-12-7-25-61(69)73)47-17-15-18-51(43-47)75(50-39-35-46(36-40-50)48-38-42-67-56(45-48)53-20-3-10-30-66(53)76-67)65-29-16-28-64-72(65)54-21-2-5-23-58(54)74(64)62-26-8-13-33-70(62)78-71-34-14-9-27-63(71)74/h1-45H. The summed E-state index contributed by atoms with van der Waals surface area (Å²) in [7, 11) is 0. The normalized spacial score (nSPS) is 14.1. The van der Waals surface area contributed by atoms with E-state index in [2.05, 4.69) is 266 Å². The van der Waals surface area contributed by atoms with E-state index in [0.29, 0.717) is 0 Å². The summed E-state index contributed by atoms with van der Waals surface area (Å²) in [6.07, 6.45) is 0. The van der Waals surface area contributed by atoms with Gasteiger partial charge in [-0.15, -0.1) is 0 Å². The summed E-state index contributed by atoms with van der Waals surface area (Å²) < 4.78 is 19.6. The molecule has 4 heteroatoms. The Morgan fingerprint density at radius 2 is 0.744 bits per heavy atom. The first-order valence-corrected chi connectivity index (χ1v) is 26.8. The van der Waals surface area contributed by atoms with Crippen LogP contribution in [0.1, 0.15) is 44.5 Å². The van der Waals surface area contributed by atoms with Crippen molar-refractivity contribution in [2.45, 2.75) is 10.8 Å². The molecule has 4 nitrogen and oxygen atoms in total. The third-order valence-electron chi connectivity index (χ3n) is 17.2. The molecule has 78 heavy (non-hydrogen) atoms. The molecule has 0 bridgehead atoms. The van der Waals surface area contributed by atoms with Gasteiger partial charge in [-0.1, -0.05) is 194 Å². The molecule has 0 amide bonds. The van der Waals surface area contributed by atoms with Crippen molar-refractivity contribution in [2.24, 2.45) is 0 Å². The van der Waals surface area contributed by atoms with Crippen LogP contribution < -0.4 is 14.4 Å². The molecule has 2 spiro atoms. The molecular formula is C74H45NO3. The molecule has 12 aromatic carbocycles. The van der Waals surface area contributed by atoms with E-state index < -0.39 is 10.8 Å². The van der Waals surface area contributed by atoms with Crippen LogP contribution in [0.2, 0.25) is 0 Å². The lowest BCUT2D eigenvalue weighted by atomic mass is 9.66. The van der Waals surface area contributed by atoms with Crippen LogP contribution in [0.5, 0.6) is 23.0 Å². The van der Waals surface area contributed by atoms with Gasteiger partial charge in [-0.25, -0.2) is 0 Å². The van der Waals surface area contributed by atoms with E-state index in [1.165, 1.54) is 44.5 Å². The number of hydrogen-bond donors (Lipinski definition) is 0. The molecule has 364 valence electrons. The van der Waals surface area contributed by atoms with E-state index in [-0.39, 0.29) is 0 Å². The average molecular weight is 996 g/mol. The van der Waals surface area contributed by atoms with E-state index in [1.54, 1.807) is 0 Å². The minimum atomic E-state index is -0.621. The van der Waals surface area contributed by atoms with E-state index in [0.717, 1.165) is 107 Å². The van der Waals surface area contributed by atoms with Gasteiger partial charge in [0, 0.05) is 50.0 Å². The maximum Gasteiger partial charge on any atom is 0.135 e. The Hall–Kier alpha value is -10.2. The Bertz CT molecular complexity index is 4570. The smallest absolute Gasteiger partial charge is 0.135 e. The molecule has 0 saturated carbocycles. The van der Waals surface area contributed by atoms with Crippen LogP contribution in [-0.4, -0.2) is 0 Å². The molecule has 0 N–H and O–H groups in total. The number of benzene rings is 12. The summed E-state index contributed by atoms with van der Waals surface area (Å²) in [5.74, 6) is 3.53. The van der Waals surface area contributed by atoms with Crippen molar-refractivity contribution in [1.82, 2.24) is 0 Å². The van der Waals surface area contributed by atoms with Gasteiger partial charge >= 0.3 is 0 Å². The zero-order valence-corrected chi connectivity index (χ0v) is 42.2. The lowest BCUT2D eigenvalue weighted by molar-refractivity contribution is 0.436. The maximum atomic E-state index is 6.74. The number of ether oxygens (including phenoxy) is 2. The van der Waals surface area contributed by atoms with E-state index in [1.807, 2.05) is 12.1 Å². The van der Waals surface area contributed by atoms with Gasteiger partial charge in [0.05, 0.1) is 16.5 Å². The van der Waals surface area contributed by atoms with Crippen molar-refractivity contribution in [2.75, 3.05) is 4.90 Å². The van der Waals surface area contributed by atoms with Crippen LogP contribution in [0.3, 0.4) is 0 Å². The summed E-state index contributed by atoms with van der Waals surface area (Å²) >= 11 is 0. The second-order valence-corrected chi connectivity index (χ2v) is 21.0. The zero-order valence-electron chi connectivity index (χ0n) is 42.2. The fourth-order valence-electron chi connectivity index (χ4n) is 14.1. The zero-order chi connectivity index (χ0) is 51.1. The van der Waals surface area contributed by atoms with Crippen molar-refractivity contribution in [3.05, 3.63) is 317 Å². The van der Waals surface area contributed by atoms with Crippen molar-refractivity contribution in [3.8, 4) is 67.5 Å². The topological polar surface area (TPSA) is 34.8 Å². The monoisotopic (exact) mass is 995 g/mol. The fraction of sp³-hybridized carbons (Fsp3) is 0.0270. The minimum Gasteiger partial charge on any atom is -0.457 e. The van der Waals surface area contributed by atoms with Crippen LogP contribution >= 0.6 is 0 Å². The van der Waals surface area contributed by atoms with Crippen molar-refractivity contribution >= 4 is 39.0 Å². The molecule has 0 saturated heterocycles. The highest BCUT2D eigenvalue weighted by Crippen LogP contribution is 2.65. The summed E-state index contributed by atoms with van der Waals surface area (Å²) in [6.45, 7) is 0. The molecule has 17 rings (SSSR count). The van der Waals surface area contributed by atoms with Gasteiger partial charge in [-0.2, -0.15) is 0 Å². The van der Waals surface area contributed by atoms with Gasteiger partial charge < -0.3 is 18.8 Å². The molecule has 4 aliphatic rings. The van der Waals surface area contributed by atoms with E-state index in [4.69, 9.17) is 13.9 Å². The molecule has 2 aliphatic heterocycles. The molecule has 0 fully saturated rings. The molecule has 3 heterocycles. The SMILES string of the molecule is c1cc(-c2ccc3c(c2)-c2ccccc2C32c3ccccc3Oc3ccccc32)cc(N(c2ccc(-c3ccc4oc5ccccc5c4c3)cc2)c2cccc3c2-c2ccccc2C32c3ccccc3Oc3ccccc32)c1. The Kier molecular flexibility index (Phi) is 8.94. The number of anilines is 3. The molecule has 0 radical (unpaired) electrons. The van der Waals surface area contributed by atoms with Crippen LogP contribution in [0.4, 0.5) is 17.1 Å². The molecule has 13 aromatic rings. The molecule has 0 atom stereocenters. The van der Waals surface area contributed by atoms with Crippen molar-refractivity contribution in [3.63, 3.8) is 0 Å². The number of rotatable bonds is 5. The molecule has 1 aromatic heterocycles. The largest absolute Gasteiger partial charge is 0.457 e. The first kappa shape index (κ1) is 43.1. The first-order valence-electron chi connectivity index (χ1n) is 26.8. The maximum absolute atomic E-state index is 6.74. The van der Waals surface area contributed by atoms with Gasteiger partial charge in [-0.3, -0.25) is 0 Å². The number of hydrogen-bond acceptors (Lipinski definition) is 4. The third-order valence-corrected chi connectivity index (χ3v) is 17.2. The Morgan fingerprint density at radius 3 is 1.42 bits per heavy atom. The highest BCUT2D eigenvalue weighted by Gasteiger charge is 2.53. The molecular weight excluding hydrogens is 951 g/mol. The quantitative estimate of drug-likeness (QED) is 0.172. The number of fused-ring (bicyclic) bond motifs is 21. The lowest BCUT2D eigenvalue weighted by Gasteiger charge is -2.39. The number of furan rings is 1. The average Bonchev–Trinajstić information content (AvgIpc) is 4.17. The fourth-order valence-corrected chi connectivity index (χ4v) is 14.1. The highest BCUT2D eigenvalue weighted by atomic mass is 16.5. The van der Waals surface area contributed by atoms with Gasteiger partial charge in [0.1, 0.15) is 34.2 Å². The van der Waals surface area contributed by atoms with Crippen molar-refractivity contribution < 1.29 is 13.9 Å². The highest BCUT2D eigenvalue weighted by molar-refractivity contribution is 6.06. The summed E-state index contributed by atoms with van der Waals surface area (Å²) in [6, 6.07) is 99.3. The van der Waals surface area contributed by atoms with Crippen LogP contribution in [-0.2, 0) is 10.8 Å². The predicted octanol–water partition coefficient (Wildman–Crippen LogP) is 19.3. The summed E-state index contributed by atoms with van der Waals surface area (Å²) in [5, 5.41) is 2.23. The minimum absolute atomic E-state index is 0.536. The molecule has 0 unspecified atom stereocenters. The van der Waals surface area contributed by atoms with Crippen molar-refractivity contribution in [1.29, 1.82) is 0 Å². The van der Waals surface area contributed by atoms with Crippen LogP contribution in [0.15, 0.2) is 277 Å². The van der Waals surface area contributed by atoms with Gasteiger partial charge in [0.25, 0.3) is 0 Å². The van der Waals surface area contributed by atoms with Gasteiger partial charge in [0.15, 0.2) is 0 Å². The number of para-hydroxylation sites is 5. The predicted molar refractivity (Wildman–Crippen MR) is 314 cm³/mol. The summed E-state index contributed by atoms with van der Waals surface area (Å²) in [4.78, 5) is 2.47. The second-order valence-electron chi connectivity index (χ2n) is 21.0.